The normalized spacial score (nSPS) is 11.0. The zero-order valence-electron chi connectivity index (χ0n) is 12.8. The van der Waals surface area contributed by atoms with Crippen LogP contribution in [0.15, 0.2) is 55.0 Å². The average molecular weight is 317 g/mol. The minimum Gasteiger partial charge on any atom is -0.382 e. The Morgan fingerprint density at radius 2 is 1.75 bits per heavy atom. The van der Waals surface area contributed by atoms with Crippen LogP contribution in [-0.2, 0) is 6.54 Å². The molecular formula is C17H15N7. The number of fused-ring (bicyclic) bond motifs is 1. The van der Waals surface area contributed by atoms with Gasteiger partial charge in [-0.1, -0.05) is 30.3 Å². The first-order valence-electron chi connectivity index (χ1n) is 7.45. The molecule has 0 spiro atoms. The number of hydrogen-bond acceptors (Lipinski definition) is 6. The van der Waals surface area contributed by atoms with Crippen LogP contribution in [0.3, 0.4) is 0 Å². The third-order valence-corrected chi connectivity index (χ3v) is 3.78. The molecule has 0 radical (unpaired) electrons. The van der Waals surface area contributed by atoms with Gasteiger partial charge in [-0.15, -0.1) is 0 Å². The molecular weight excluding hydrogens is 302 g/mol. The lowest BCUT2D eigenvalue weighted by atomic mass is 10.1. The highest BCUT2D eigenvalue weighted by Gasteiger charge is 2.10. The maximum absolute atomic E-state index is 5.83. The summed E-state index contributed by atoms with van der Waals surface area (Å²) >= 11 is 0. The summed E-state index contributed by atoms with van der Waals surface area (Å²) in [7, 11) is 0. The van der Waals surface area contributed by atoms with Crippen molar-refractivity contribution in [2.75, 3.05) is 11.5 Å². The van der Waals surface area contributed by atoms with Crippen molar-refractivity contribution in [1.29, 1.82) is 0 Å². The summed E-state index contributed by atoms with van der Waals surface area (Å²) in [6.07, 6.45) is 3.48. The Labute approximate surface area is 138 Å². The van der Waals surface area contributed by atoms with Gasteiger partial charge in [-0.25, -0.2) is 4.98 Å². The lowest BCUT2D eigenvalue weighted by Gasteiger charge is -2.06. The maximum atomic E-state index is 5.83. The number of anilines is 2. The van der Waals surface area contributed by atoms with Gasteiger partial charge in [0, 0.05) is 11.8 Å². The second kappa shape index (κ2) is 5.62. The minimum atomic E-state index is 0.146. The number of nitrogens with two attached hydrogens (primary N) is 2. The molecule has 0 aliphatic heterocycles. The fraction of sp³-hybridized carbons (Fsp3) is 0.0588. The van der Waals surface area contributed by atoms with E-state index in [1.54, 1.807) is 12.5 Å². The predicted octanol–water partition coefficient (Wildman–Crippen LogP) is 2.10. The van der Waals surface area contributed by atoms with E-state index >= 15 is 0 Å². The molecule has 0 saturated heterocycles. The third kappa shape index (κ3) is 2.52. The Kier molecular flexibility index (Phi) is 3.31. The van der Waals surface area contributed by atoms with Crippen LogP contribution >= 0.6 is 0 Å². The van der Waals surface area contributed by atoms with Crippen molar-refractivity contribution in [2.24, 2.45) is 0 Å². The highest BCUT2D eigenvalue weighted by Crippen LogP contribution is 2.20. The van der Waals surface area contributed by atoms with Crippen LogP contribution < -0.4 is 11.5 Å². The van der Waals surface area contributed by atoms with Crippen LogP contribution in [0.25, 0.3) is 22.4 Å². The molecule has 0 aliphatic rings. The molecule has 0 fully saturated rings. The van der Waals surface area contributed by atoms with E-state index in [2.05, 4.69) is 44.2 Å². The molecule has 0 aliphatic carbocycles. The molecule has 24 heavy (non-hydrogen) atoms. The Morgan fingerprint density at radius 1 is 0.917 bits per heavy atom. The van der Waals surface area contributed by atoms with E-state index in [0.717, 1.165) is 16.8 Å². The van der Waals surface area contributed by atoms with Crippen LogP contribution in [-0.4, -0.2) is 24.5 Å². The zero-order valence-corrected chi connectivity index (χ0v) is 12.8. The van der Waals surface area contributed by atoms with E-state index in [0.29, 0.717) is 23.5 Å². The Balaban J connectivity index is 1.64. The lowest BCUT2D eigenvalue weighted by Crippen LogP contribution is -2.04. The van der Waals surface area contributed by atoms with Gasteiger partial charge in [0.25, 0.3) is 0 Å². The van der Waals surface area contributed by atoms with Gasteiger partial charge in [0.05, 0.1) is 18.6 Å². The molecule has 4 aromatic rings. The smallest absolute Gasteiger partial charge is 0.224 e. The van der Waals surface area contributed by atoms with Gasteiger partial charge in [-0.05, 0) is 17.7 Å². The third-order valence-electron chi connectivity index (χ3n) is 3.78. The van der Waals surface area contributed by atoms with E-state index in [9.17, 15) is 0 Å². The summed E-state index contributed by atoms with van der Waals surface area (Å²) in [6, 6.07) is 14.1. The topological polar surface area (TPSA) is 109 Å². The summed E-state index contributed by atoms with van der Waals surface area (Å²) in [5, 5.41) is 0. The van der Waals surface area contributed by atoms with Crippen molar-refractivity contribution < 1.29 is 0 Å². The first kappa shape index (κ1) is 14.1. The number of nitrogen functional groups attached to an aromatic ring is 2. The number of imidazole rings is 1. The van der Waals surface area contributed by atoms with Crippen molar-refractivity contribution in [3.63, 3.8) is 0 Å². The highest BCUT2D eigenvalue weighted by molar-refractivity contribution is 5.82. The van der Waals surface area contributed by atoms with Gasteiger partial charge in [0.2, 0.25) is 5.95 Å². The highest BCUT2D eigenvalue weighted by atomic mass is 15.2. The molecule has 0 atom stereocenters. The van der Waals surface area contributed by atoms with Crippen LogP contribution in [0.2, 0.25) is 0 Å². The number of aromatic nitrogens is 5. The number of rotatable bonds is 3. The SMILES string of the molecule is Nc1nc(N)c2ncn(Cc3ccc(-c4ccccn4)cc3)c2n1. The van der Waals surface area contributed by atoms with Gasteiger partial charge in [-0.3, -0.25) is 4.98 Å². The van der Waals surface area contributed by atoms with Gasteiger partial charge < -0.3 is 16.0 Å². The second-order valence-electron chi connectivity index (χ2n) is 5.42. The zero-order chi connectivity index (χ0) is 16.5. The van der Waals surface area contributed by atoms with Crippen molar-refractivity contribution in [3.8, 4) is 11.3 Å². The van der Waals surface area contributed by atoms with Gasteiger partial charge in [0.1, 0.15) is 5.52 Å². The molecule has 3 aromatic heterocycles. The predicted molar refractivity (Wildman–Crippen MR) is 92.9 cm³/mol. The number of hydrogen-bond donors (Lipinski definition) is 2. The van der Waals surface area contributed by atoms with Crippen LogP contribution in [0.4, 0.5) is 11.8 Å². The number of nitrogens with zero attached hydrogens (tertiary/aromatic N) is 5. The maximum Gasteiger partial charge on any atom is 0.224 e. The van der Waals surface area contributed by atoms with Crippen molar-refractivity contribution in [2.45, 2.75) is 6.54 Å². The fourth-order valence-electron chi connectivity index (χ4n) is 2.61. The number of benzene rings is 1. The monoisotopic (exact) mass is 317 g/mol. The van der Waals surface area contributed by atoms with E-state index in [1.165, 1.54) is 0 Å². The van der Waals surface area contributed by atoms with E-state index in [1.807, 2.05) is 22.8 Å². The Hall–Kier alpha value is -3.48. The van der Waals surface area contributed by atoms with Crippen LogP contribution in [0.1, 0.15) is 5.56 Å². The standard InChI is InChI=1S/C17H15N7/c18-15-14-16(23-17(19)22-15)24(10-21-14)9-11-4-6-12(7-5-11)13-3-1-2-8-20-13/h1-8,10H,9H2,(H4,18,19,22,23). The fourth-order valence-corrected chi connectivity index (χ4v) is 2.61. The van der Waals surface area contributed by atoms with Gasteiger partial charge in [0.15, 0.2) is 11.5 Å². The molecule has 0 saturated carbocycles. The molecule has 118 valence electrons. The minimum absolute atomic E-state index is 0.146. The van der Waals surface area contributed by atoms with Crippen LogP contribution in [0, 0.1) is 0 Å². The average Bonchev–Trinajstić information content (AvgIpc) is 2.99. The molecule has 1 aromatic carbocycles. The summed E-state index contributed by atoms with van der Waals surface area (Å²) in [5.41, 5.74) is 15.9. The van der Waals surface area contributed by atoms with E-state index in [4.69, 9.17) is 11.5 Å². The quantitative estimate of drug-likeness (QED) is 0.599. The molecule has 0 unspecified atom stereocenters. The van der Waals surface area contributed by atoms with Gasteiger partial charge in [-0.2, -0.15) is 9.97 Å². The molecule has 4 rings (SSSR count). The van der Waals surface area contributed by atoms with E-state index < -0.39 is 0 Å². The molecule has 7 nitrogen and oxygen atoms in total. The van der Waals surface area contributed by atoms with E-state index in [-0.39, 0.29) is 5.95 Å². The Bertz CT molecular complexity index is 991. The lowest BCUT2D eigenvalue weighted by molar-refractivity contribution is 0.814. The van der Waals surface area contributed by atoms with Crippen LogP contribution in [0.5, 0.6) is 0 Å². The molecule has 7 heteroatoms. The van der Waals surface area contributed by atoms with Crippen molar-refractivity contribution in [1.82, 2.24) is 24.5 Å². The largest absolute Gasteiger partial charge is 0.382 e. The summed E-state index contributed by atoms with van der Waals surface area (Å²) in [6.45, 7) is 0.620. The second-order valence-corrected chi connectivity index (χ2v) is 5.42. The molecule has 0 bridgehead atoms. The summed E-state index contributed by atoms with van der Waals surface area (Å²) in [5.74, 6) is 0.439. The first-order valence-corrected chi connectivity index (χ1v) is 7.45. The van der Waals surface area contributed by atoms with Gasteiger partial charge >= 0.3 is 0 Å². The molecule has 3 heterocycles. The summed E-state index contributed by atoms with van der Waals surface area (Å²) < 4.78 is 1.90. The molecule has 4 N–H and O–H groups in total. The van der Waals surface area contributed by atoms with Crippen molar-refractivity contribution in [3.05, 3.63) is 60.6 Å². The first-order chi connectivity index (χ1) is 11.7. The van der Waals surface area contributed by atoms with Crippen molar-refractivity contribution >= 4 is 22.9 Å². The summed E-state index contributed by atoms with van der Waals surface area (Å²) in [4.78, 5) is 16.8. The number of pyridine rings is 1. The Morgan fingerprint density at radius 3 is 2.50 bits per heavy atom. The molecule has 0 amide bonds.